The number of nitrogens with zero attached hydrogens (tertiary/aromatic N) is 1. The Bertz CT molecular complexity index is 749. The van der Waals surface area contributed by atoms with Gasteiger partial charge in [0.25, 0.3) is 0 Å². The van der Waals surface area contributed by atoms with Gasteiger partial charge in [0.1, 0.15) is 0 Å². The van der Waals surface area contributed by atoms with Crippen LogP contribution >= 0.6 is 0 Å². The smallest absolute Gasteiger partial charge is 0.198 e. The molecule has 0 bridgehead atoms. The van der Waals surface area contributed by atoms with E-state index in [1.54, 1.807) is 0 Å². The molecule has 0 spiro atoms. The minimum Gasteiger partial charge on any atom is -0.198 e. The van der Waals surface area contributed by atoms with Gasteiger partial charge in [-0.05, 0) is 0 Å². The summed E-state index contributed by atoms with van der Waals surface area (Å²) in [5.41, 5.74) is 0. The molecule has 0 heterocycles. The molecule has 0 saturated heterocycles. The normalized spacial score (nSPS) is 16.8. The van der Waals surface area contributed by atoms with Crippen LogP contribution in [0.5, 0.6) is 0 Å². The molecule has 24 heteroatoms. The first-order valence-corrected chi connectivity index (χ1v) is 7.21. The van der Waals surface area contributed by atoms with Crippen molar-refractivity contribution in [3.63, 3.8) is 0 Å². The van der Waals surface area contributed by atoms with E-state index in [1.165, 1.54) is 0 Å². The van der Waals surface area contributed by atoms with Crippen LogP contribution in [0.3, 0.4) is 0 Å². The lowest BCUT2D eigenvalue weighted by Crippen LogP contribution is -2.75. The summed E-state index contributed by atoms with van der Waals surface area (Å²) in [6.45, 7) is -5.41. The Hall–Kier alpha value is -1.65. The number of hydrogen-bond donors (Lipinski definition) is 0. The fraction of sp³-hybridized carbons (Fsp3) is 1.00. The Kier molecular flexibility index (Phi) is 7.79. The predicted octanol–water partition coefficient (Wildman–Crippen LogP) is 7.34. The Labute approximate surface area is 174 Å². The van der Waals surface area contributed by atoms with E-state index >= 15 is 0 Å². The number of halogens is 23. The van der Waals surface area contributed by atoms with Crippen molar-refractivity contribution >= 4 is 0 Å². The van der Waals surface area contributed by atoms with E-state index in [4.69, 9.17) is 0 Å². The third-order valence-corrected chi connectivity index (χ3v) is 3.71. The van der Waals surface area contributed by atoms with Crippen LogP contribution in [0.4, 0.5) is 101 Å². The van der Waals surface area contributed by atoms with Crippen molar-refractivity contribution in [3.8, 4) is 0 Å². The first-order chi connectivity index (χ1) is 14.6. The van der Waals surface area contributed by atoms with Crippen molar-refractivity contribution in [2.24, 2.45) is 0 Å². The van der Waals surface area contributed by atoms with Crippen molar-refractivity contribution < 1.29 is 101 Å². The lowest BCUT2D eigenvalue weighted by molar-refractivity contribution is -0.474. The third-order valence-electron chi connectivity index (χ3n) is 3.71. The van der Waals surface area contributed by atoms with E-state index in [0.717, 1.165) is 0 Å². The van der Waals surface area contributed by atoms with E-state index in [1.807, 2.05) is 0 Å². The monoisotopic (exact) mass is 585 g/mol. The summed E-state index contributed by atoms with van der Waals surface area (Å²) in [7, 11) is 0. The van der Waals surface area contributed by atoms with Gasteiger partial charge in [0.2, 0.25) is 0 Å². The molecule has 0 fully saturated rings. The molecule has 0 radical (unpaired) electrons. The molecular weight excluding hydrogens is 583 g/mol. The average Bonchev–Trinajstić information content (AvgIpc) is 2.55. The van der Waals surface area contributed by atoms with Crippen molar-refractivity contribution in [2.75, 3.05) is 6.54 Å². The van der Waals surface area contributed by atoms with Gasteiger partial charge in [0, 0.05) is 0 Å². The average molecular weight is 585 g/mol. The summed E-state index contributed by atoms with van der Waals surface area (Å²) in [6, 6.07) is -17.4. The van der Waals surface area contributed by atoms with Crippen LogP contribution in [0.2, 0.25) is 0 Å². The number of alkyl halides is 23. The van der Waals surface area contributed by atoms with Crippen LogP contribution in [0, 0.1) is 0 Å². The first kappa shape index (κ1) is 33.4. The lowest BCUT2D eigenvalue weighted by atomic mass is 10.0. The largest absolute Gasteiger partial charge is 0.461 e. The van der Waals surface area contributed by atoms with Crippen LogP contribution in [-0.4, -0.2) is 71.7 Å². The van der Waals surface area contributed by atoms with Gasteiger partial charge in [-0.3, -0.25) is 0 Å². The molecule has 0 atom stereocenters. The highest BCUT2D eigenvalue weighted by atomic mass is 19.4. The van der Waals surface area contributed by atoms with E-state index in [0.29, 0.717) is 0 Å². The van der Waals surface area contributed by atoms with Crippen LogP contribution < -0.4 is 0 Å². The number of hydrogen-bond acceptors (Lipinski definition) is 1. The Morgan fingerprint density at radius 1 is 0.314 bits per heavy atom. The maximum atomic E-state index is 13.7. The standard InChI is InChI=1S/C11H2F23N/c12-2(13,3(14,15)7(22,23)24)1-35(11(33,34)6(20,21)9(28,29)30)10(31,32)5(18,19)4(16,17)8(25,26)27/h1H2. The minimum absolute atomic E-state index is 4.65. The highest BCUT2D eigenvalue weighted by Gasteiger charge is 2.89. The van der Waals surface area contributed by atoms with Crippen molar-refractivity contribution in [3.05, 3.63) is 0 Å². The molecule has 0 aliphatic heterocycles. The molecule has 0 aliphatic carbocycles. The molecule has 212 valence electrons. The van der Waals surface area contributed by atoms with Gasteiger partial charge < -0.3 is 0 Å². The second-order valence-electron chi connectivity index (χ2n) is 6.16. The maximum Gasteiger partial charge on any atom is 0.461 e. The quantitative estimate of drug-likeness (QED) is 0.213. The van der Waals surface area contributed by atoms with Crippen LogP contribution in [0.1, 0.15) is 0 Å². The zero-order chi connectivity index (χ0) is 29.3. The predicted molar refractivity (Wildman–Crippen MR) is 59.5 cm³/mol. The molecule has 0 unspecified atom stereocenters. The molecule has 0 saturated carbocycles. The van der Waals surface area contributed by atoms with Gasteiger partial charge in [0.05, 0.1) is 6.54 Å². The summed E-state index contributed by atoms with van der Waals surface area (Å²) < 4.78 is 293. The molecular formula is C11H2F23N. The Balaban J connectivity index is 7.40. The highest BCUT2D eigenvalue weighted by Crippen LogP contribution is 2.59. The topological polar surface area (TPSA) is 3.24 Å². The summed E-state index contributed by atoms with van der Waals surface area (Å²) >= 11 is 0. The van der Waals surface area contributed by atoms with Crippen molar-refractivity contribution in [1.82, 2.24) is 4.90 Å². The summed E-state index contributed by atoms with van der Waals surface area (Å²) in [6.07, 6.45) is -23.9. The van der Waals surface area contributed by atoms with E-state index < -0.39 is 71.7 Å². The first-order valence-electron chi connectivity index (χ1n) is 7.21. The van der Waals surface area contributed by atoms with Gasteiger partial charge in [0.15, 0.2) is 0 Å². The van der Waals surface area contributed by atoms with Crippen molar-refractivity contribution in [1.29, 1.82) is 0 Å². The van der Waals surface area contributed by atoms with E-state index in [9.17, 15) is 101 Å². The fourth-order valence-corrected chi connectivity index (χ4v) is 1.76. The second kappa shape index (κ2) is 8.18. The molecule has 0 aromatic heterocycles. The Morgan fingerprint density at radius 2 is 0.571 bits per heavy atom. The van der Waals surface area contributed by atoms with Gasteiger partial charge in [-0.2, -0.15) is 106 Å². The molecule has 0 N–H and O–H groups in total. The van der Waals surface area contributed by atoms with Crippen LogP contribution in [0.25, 0.3) is 0 Å². The maximum absolute atomic E-state index is 13.7. The van der Waals surface area contributed by atoms with Crippen LogP contribution in [-0.2, 0) is 0 Å². The third kappa shape index (κ3) is 4.85. The van der Waals surface area contributed by atoms with Gasteiger partial charge in [-0.15, -0.1) is 0 Å². The zero-order valence-electron chi connectivity index (χ0n) is 14.8. The number of rotatable bonds is 8. The lowest BCUT2D eigenvalue weighted by Gasteiger charge is -2.45. The molecule has 0 aliphatic rings. The molecule has 0 amide bonds. The summed E-state index contributed by atoms with van der Waals surface area (Å²) in [5, 5.41) is 0. The fourth-order valence-electron chi connectivity index (χ4n) is 1.76. The molecule has 0 rings (SSSR count). The molecule has 1 nitrogen and oxygen atoms in total. The minimum atomic E-state index is -8.78. The SMILES string of the molecule is FC(F)(F)C(F)(F)C(F)(F)CN(C(F)(F)C(F)(F)C(F)(F)F)C(F)(F)C(F)(F)C(F)(F)C(F)(F)F. The highest BCUT2D eigenvalue weighted by molar-refractivity contribution is 5.06. The zero-order valence-corrected chi connectivity index (χ0v) is 14.8. The van der Waals surface area contributed by atoms with E-state index in [-0.39, 0.29) is 0 Å². The van der Waals surface area contributed by atoms with Gasteiger partial charge in [-0.25, -0.2) is 0 Å². The van der Waals surface area contributed by atoms with Crippen molar-refractivity contribution in [2.45, 2.75) is 60.2 Å². The van der Waals surface area contributed by atoms with Gasteiger partial charge >= 0.3 is 60.2 Å². The van der Waals surface area contributed by atoms with Crippen LogP contribution in [0.15, 0.2) is 0 Å². The molecule has 0 aromatic carbocycles. The summed E-state index contributed by atoms with van der Waals surface area (Å²) in [5.74, 6) is -41.6. The molecule has 35 heavy (non-hydrogen) atoms. The molecule has 0 aromatic rings. The second-order valence-corrected chi connectivity index (χ2v) is 6.16. The summed E-state index contributed by atoms with van der Waals surface area (Å²) in [4.78, 5) is -4.65. The van der Waals surface area contributed by atoms with Gasteiger partial charge in [-0.1, -0.05) is 0 Å². The van der Waals surface area contributed by atoms with E-state index in [2.05, 4.69) is 0 Å². The Morgan fingerprint density at radius 3 is 0.829 bits per heavy atom.